The number of para-hydroxylation sites is 1. The average Bonchev–Trinajstić information content (AvgIpc) is 3.07. The minimum absolute atomic E-state index is 0.316. The van der Waals surface area contributed by atoms with Gasteiger partial charge in [-0.05, 0) is 57.0 Å². The third-order valence-electron chi connectivity index (χ3n) is 5.76. The van der Waals surface area contributed by atoms with Gasteiger partial charge in [-0.15, -0.1) is 11.3 Å². The molecule has 4 rings (SSSR count). The lowest BCUT2D eigenvalue weighted by atomic mass is 9.89. The Labute approximate surface area is 193 Å². The fourth-order valence-electron chi connectivity index (χ4n) is 4.20. The third-order valence-corrected chi connectivity index (χ3v) is 6.91. The summed E-state index contributed by atoms with van der Waals surface area (Å²) < 4.78 is 41.2. The minimum Gasteiger partial charge on any atom is -0.324 e. The summed E-state index contributed by atoms with van der Waals surface area (Å²) in [5.41, 5.74) is -0.594. The summed E-state index contributed by atoms with van der Waals surface area (Å²) in [5, 5.41) is 2.86. The van der Waals surface area contributed by atoms with Crippen LogP contribution in [-0.4, -0.2) is 34.5 Å². The molecule has 1 aliphatic carbocycles. The number of nitrogens with one attached hydrogen (secondary N) is 1. The van der Waals surface area contributed by atoms with Gasteiger partial charge in [0, 0.05) is 4.88 Å². The number of fused-ring (bicyclic) bond motifs is 3. The molecule has 1 amide bonds. The van der Waals surface area contributed by atoms with Crippen molar-refractivity contribution in [3.05, 3.63) is 56.4 Å². The number of rotatable bonds is 5. The second-order valence-corrected chi connectivity index (χ2v) is 9.86. The number of benzene rings is 1. The fourth-order valence-corrected chi connectivity index (χ4v) is 5.60. The average molecular weight is 479 g/mol. The summed E-state index contributed by atoms with van der Waals surface area (Å²) >= 11 is 1.53. The number of aromatic nitrogens is 2. The zero-order valence-corrected chi connectivity index (χ0v) is 19.4. The van der Waals surface area contributed by atoms with Crippen LogP contribution in [0.15, 0.2) is 29.1 Å². The van der Waals surface area contributed by atoms with E-state index in [-0.39, 0.29) is 11.2 Å². The number of anilines is 1. The zero-order valence-electron chi connectivity index (χ0n) is 18.6. The van der Waals surface area contributed by atoms with Gasteiger partial charge < -0.3 is 10.2 Å². The van der Waals surface area contributed by atoms with Crippen LogP contribution in [0, 0.1) is 5.92 Å². The molecular formula is C23H25F3N4O2S. The number of hydrogen-bond acceptors (Lipinski definition) is 5. The van der Waals surface area contributed by atoms with E-state index in [1.54, 1.807) is 0 Å². The molecule has 2 aromatic heterocycles. The largest absolute Gasteiger partial charge is 0.418 e. The Bertz CT molecular complexity index is 1260. The summed E-state index contributed by atoms with van der Waals surface area (Å²) in [4.78, 5) is 34.6. The highest BCUT2D eigenvalue weighted by atomic mass is 32.1. The first kappa shape index (κ1) is 23.4. The number of carbonyl (C=O) groups excluding carboxylic acids is 1. The number of alkyl halides is 3. The topological polar surface area (TPSA) is 67.2 Å². The summed E-state index contributed by atoms with van der Waals surface area (Å²) in [6.07, 6.45) is -1.95. The molecule has 1 atom stereocenters. The van der Waals surface area contributed by atoms with Crippen molar-refractivity contribution in [1.82, 2.24) is 14.5 Å². The molecule has 0 saturated heterocycles. The first-order chi connectivity index (χ1) is 15.5. The molecule has 10 heteroatoms. The Morgan fingerprint density at radius 3 is 2.73 bits per heavy atom. The fraction of sp³-hybridized carbons (Fsp3) is 0.435. The van der Waals surface area contributed by atoms with Crippen LogP contribution >= 0.6 is 11.3 Å². The van der Waals surface area contributed by atoms with Crippen molar-refractivity contribution in [2.24, 2.45) is 5.92 Å². The molecular weight excluding hydrogens is 453 g/mol. The van der Waals surface area contributed by atoms with Crippen molar-refractivity contribution in [2.75, 3.05) is 19.4 Å². The van der Waals surface area contributed by atoms with Gasteiger partial charge in [-0.2, -0.15) is 13.2 Å². The van der Waals surface area contributed by atoms with Gasteiger partial charge in [0.2, 0.25) is 5.91 Å². The van der Waals surface area contributed by atoms with E-state index in [0.29, 0.717) is 28.5 Å². The molecule has 176 valence electrons. The van der Waals surface area contributed by atoms with E-state index in [0.717, 1.165) is 35.8 Å². The van der Waals surface area contributed by atoms with Crippen LogP contribution in [0.1, 0.15) is 35.2 Å². The summed E-state index contributed by atoms with van der Waals surface area (Å²) in [6, 6.07) is 4.78. The monoisotopic (exact) mass is 478 g/mol. The number of halogens is 3. The van der Waals surface area contributed by atoms with Crippen LogP contribution in [-0.2, 0) is 36.9 Å². The standard InChI is InChI=1S/C23H25F3N4O2S/c1-13-8-9-14-17(10-13)33-21-20(14)22(32)30(18(28-21)11-29(2)3)12-19(31)27-16-7-5-4-6-15(16)23(24,25)26/h4-7,13H,8-12H2,1-3H3,(H,27,31). The molecule has 1 aliphatic rings. The maximum atomic E-state index is 13.5. The predicted molar refractivity (Wildman–Crippen MR) is 123 cm³/mol. The van der Waals surface area contributed by atoms with Gasteiger partial charge in [-0.25, -0.2) is 4.98 Å². The van der Waals surface area contributed by atoms with Crippen LogP contribution in [0.2, 0.25) is 0 Å². The molecule has 33 heavy (non-hydrogen) atoms. The molecule has 1 unspecified atom stereocenters. The van der Waals surface area contributed by atoms with Crippen LogP contribution in [0.25, 0.3) is 10.2 Å². The van der Waals surface area contributed by atoms with Crippen molar-refractivity contribution in [1.29, 1.82) is 0 Å². The van der Waals surface area contributed by atoms with Crippen LogP contribution in [0.4, 0.5) is 18.9 Å². The van der Waals surface area contributed by atoms with Crippen LogP contribution in [0.5, 0.6) is 0 Å². The van der Waals surface area contributed by atoms with Crippen molar-refractivity contribution in [2.45, 2.75) is 45.5 Å². The van der Waals surface area contributed by atoms with Crippen molar-refractivity contribution in [3.63, 3.8) is 0 Å². The second kappa shape index (κ2) is 8.90. The molecule has 0 fully saturated rings. The SMILES string of the molecule is CC1CCc2c(sc3nc(CN(C)C)n(CC(=O)Nc4ccccc4C(F)(F)F)c(=O)c23)C1. The molecule has 1 N–H and O–H groups in total. The van der Waals surface area contributed by atoms with Gasteiger partial charge in [-0.1, -0.05) is 19.1 Å². The van der Waals surface area contributed by atoms with Crippen molar-refractivity contribution < 1.29 is 18.0 Å². The normalized spacial score (nSPS) is 16.3. The van der Waals surface area contributed by atoms with Gasteiger partial charge in [0.25, 0.3) is 5.56 Å². The number of aryl methyl sites for hydroxylation is 1. The minimum atomic E-state index is -4.61. The lowest BCUT2D eigenvalue weighted by molar-refractivity contribution is -0.137. The first-order valence-corrected chi connectivity index (χ1v) is 11.5. The molecule has 0 saturated carbocycles. The highest BCUT2D eigenvalue weighted by Crippen LogP contribution is 2.36. The summed E-state index contributed by atoms with van der Waals surface area (Å²) in [5.74, 6) is 0.226. The highest BCUT2D eigenvalue weighted by Gasteiger charge is 2.33. The Morgan fingerprint density at radius 2 is 2.03 bits per heavy atom. The lowest BCUT2D eigenvalue weighted by Gasteiger charge is -2.18. The second-order valence-electron chi connectivity index (χ2n) is 8.78. The maximum absolute atomic E-state index is 13.5. The molecule has 6 nitrogen and oxygen atoms in total. The molecule has 0 bridgehead atoms. The van der Waals surface area contributed by atoms with E-state index < -0.39 is 24.2 Å². The van der Waals surface area contributed by atoms with E-state index >= 15 is 0 Å². The van der Waals surface area contributed by atoms with Gasteiger partial charge in [0.15, 0.2) is 0 Å². The van der Waals surface area contributed by atoms with Crippen LogP contribution in [0.3, 0.4) is 0 Å². The molecule has 0 radical (unpaired) electrons. The van der Waals surface area contributed by atoms with E-state index in [1.165, 1.54) is 34.1 Å². The highest BCUT2D eigenvalue weighted by molar-refractivity contribution is 7.18. The molecule has 2 heterocycles. The molecule has 0 aliphatic heterocycles. The van der Waals surface area contributed by atoms with Gasteiger partial charge >= 0.3 is 6.18 Å². The smallest absolute Gasteiger partial charge is 0.324 e. The third kappa shape index (κ3) is 4.81. The maximum Gasteiger partial charge on any atom is 0.418 e. The number of thiophene rings is 1. The Morgan fingerprint density at radius 1 is 1.30 bits per heavy atom. The Hall–Kier alpha value is -2.72. The molecule has 3 aromatic rings. The van der Waals surface area contributed by atoms with Crippen molar-refractivity contribution in [3.8, 4) is 0 Å². The van der Waals surface area contributed by atoms with Gasteiger partial charge in [0.05, 0.1) is 23.2 Å². The lowest BCUT2D eigenvalue weighted by Crippen LogP contribution is -2.33. The van der Waals surface area contributed by atoms with Crippen molar-refractivity contribution >= 4 is 33.1 Å². The van der Waals surface area contributed by atoms with E-state index in [4.69, 9.17) is 4.98 Å². The molecule has 0 spiro atoms. The zero-order chi connectivity index (χ0) is 23.9. The van der Waals surface area contributed by atoms with E-state index in [2.05, 4.69) is 12.2 Å². The predicted octanol–water partition coefficient (Wildman–Crippen LogP) is 4.30. The Balaban J connectivity index is 1.73. The van der Waals surface area contributed by atoms with E-state index in [9.17, 15) is 22.8 Å². The van der Waals surface area contributed by atoms with Crippen LogP contribution < -0.4 is 10.9 Å². The number of carbonyl (C=O) groups is 1. The van der Waals surface area contributed by atoms with Gasteiger partial charge in [-0.3, -0.25) is 14.2 Å². The Kier molecular flexibility index (Phi) is 6.32. The summed E-state index contributed by atoms with van der Waals surface area (Å²) in [6.45, 7) is 2.08. The first-order valence-electron chi connectivity index (χ1n) is 10.7. The number of hydrogen-bond donors (Lipinski definition) is 1. The molecule has 1 aromatic carbocycles. The van der Waals surface area contributed by atoms with E-state index in [1.807, 2.05) is 19.0 Å². The number of nitrogens with zero attached hydrogens (tertiary/aromatic N) is 3. The summed E-state index contributed by atoms with van der Waals surface area (Å²) in [7, 11) is 3.64. The van der Waals surface area contributed by atoms with Gasteiger partial charge in [0.1, 0.15) is 17.2 Å². The quantitative estimate of drug-likeness (QED) is 0.594. The number of amides is 1.